The van der Waals surface area contributed by atoms with E-state index >= 15 is 4.39 Å². The zero-order valence-electron chi connectivity index (χ0n) is 20.0. The van der Waals surface area contributed by atoms with Crippen LogP contribution in [0.2, 0.25) is 0 Å². The van der Waals surface area contributed by atoms with Crippen LogP contribution in [0.25, 0.3) is 44.3 Å². The first kappa shape index (κ1) is 19.0. The van der Waals surface area contributed by atoms with Crippen LogP contribution in [0.5, 0.6) is 0 Å². The number of benzene rings is 3. The van der Waals surface area contributed by atoms with Gasteiger partial charge >= 0.3 is 0 Å². The number of halogens is 1. The van der Waals surface area contributed by atoms with Gasteiger partial charge in [0, 0.05) is 24.3 Å². The highest BCUT2D eigenvalue weighted by Gasteiger charge is 2.23. The third kappa shape index (κ3) is 3.26. The maximum absolute atomic E-state index is 15.3. The topological polar surface area (TPSA) is 17.0 Å². The van der Waals surface area contributed by atoms with Crippen molar-refractivity contribution >= 4 is 21.9 Å². The number of aryl methyl sites for hydroxylation is 2. The van der Waals surface area contributed by atoms with E-state index in [-0.39, 0.29) is 5.82 Å². The van der Waals surface area contributed by atoms with Gasteiger partial charge in [0.15, 0.2) is 6.20 Å². The molecule has 0 aliphatic heterocycles. The van der Waals surface area contributed by atoms with Gasteiger partial charge in [-0.05, 0) is 60.5 Å². The molecule has 2 aromatic heterocycles. The molecule has 0 spiro atoms. The summed E-state index contributed by atoms with van der Waals surface area (Å²) in [5.41, 5.74) is 6.79. The van der Waals surface area contributed by atoms with Gasteiger partial charge in [0.2, 0.25) is 5.69 Å². The molecular formula is C30H27FNO+. The van der Waals surface area contributed by atoms with Crippen LogP contribution in [0, 0.1) is 12.7 Å². The number of hydrogen-bond donors (Lipinski definition) is 0. The average molecular weight is 438 g/mol. The highest BCUT2D eigenvalue weighted by Crippen LogP contribution is 2.42. The summed E-state index contributed by atoms with van der Waals surface area (Å²) in [6, 6.07) is 21.5. The van der Waals surface area contributed by atoms with Gasteiger partial charge in [-0.1, -0.05) is 49.2 Å². The predicted octanol–water partition coefficient (Wildman–Crippen LogP) is 7.85. The second-order valence-corrected chi connectivity index (χ2v) is 9.12. The Balaban J connectivity index is 1.57. The average Bonchev–Trinajstić information content (AvgIpc) is 3.44. The van der Waals surface area contributed by atoms with E-state index in [0.29, 0.717) is 11.1 Å². The molecule has 1 saturated carbocycles. The number of rotatable bonds is 3. The molecule has 2 heterocycles. The van der Waals surface area contributed by atoms with Gasteiger partial charge in [0.25, 0.3) is 0 Å². The van der Waals surface area contributed by atoms with E-state index < -0.39 is 5.89 Å². The number of fused-ring (bicyclic) bond motifs is 3. The largest absolute Gasteiger partial charge is 0.454 e. The monoisotopic (exact) mass is 437 g/mol. The number of pyridine rings is 1. The number of hydrogen-bond acceptors (Lipinski definition) is 1. The lowest BCUT2D eigenvalue weighted by atomic mass is 9.94. The number of furan rings is 1. The minimum absolute atomic E-state index is 0.302. The highest BCUT2D eigenvalue weighted by atomic mass is 19.1. The fourth-order valence-electron chi connectivity index (χ4n) is 5.31. The third-order valence-corrected chi connectivity index (χ3v) is 7.07. The molecule has 0 bridgehead atoms. The highest BCUT2D eigenvalue weighted by molar-refractivity contribution is 6.13. The smallest absolute Gasteiger partial charge is 0.216 e. The van der Waals surface area contributed by atoms with E-state index in [9.17, 15) is 0 Å². The first-order valence-electron chi connectivity index (χ1n) is 12.2. The van der Waals surface area contributed by atoms with E-state index in [1.807, 2.05) is 55.7 Å². The van der Waals surface area contributed by atoms with Gasteiger partial charge in [0.1, 0.15) is 24.0 Å². The van der Waals surface area contributed by atoms with Crippen molar-refractivity contribution in [2.24, 2.45) is 7.05 Å². The van der Waals surface area contributed by atoms with Crippen LogP contribution >= 0.6 is 0 Å². The van der Waals surface area contributed by atoms with Gasteiger partial charge < -0.3 is 4.42 Å². The van der Waals surface area contributed by atoms with Gasteiger partial charge in [-0.2, -0.15) is 0 Å². The summed E-state index contributed by atoms with van der Waals surface area (Å²) < 4.78 is 32.6. The van der Waals surface area contributed by atoms with Crippen LogP contribution in [0.3, 0.4) is 0 Å². The Labute approximate surface area is 194 Å². The standard InChI is InChI=1S/C30H27FNO/c1-19-10-15-23-24-16-17-25(31)28(22-13-11-21(12-14-22)20-7-3-4-8-20)30(24)33-29(23)27(19)26-9-5-6-18-32(26)2/h5-6,9-18,20H,3-4,7-8H2,1-2H3/q+1/i20D. The summed E-state index contributed by atoms with van der Waals surface area (Å²) in [5.74, 6) is -0.815. The van der Waals surface area contributed by atoms with Crippen molar-refractivity contribution in [3.8, 4) is 22.4 Å². The molecule has 33 heavy (non-hydrogen) atoms. The normalized spacial score (nSPS) is 15.9. The van der Waals surface area contributed by atoms with E-state index in [1.165, 1.54) is 6.07 Å². The number of aromatic nitrogens is 1. The van der Waals surface area contributed by atoms with Crippen molar-refractivity contribution in [1.29, 1.82) is 0 Å². The second kappa shape index (κ2) is 7.84. The van der Waals surface area contributed by atoms with Gasteiger partial charge in [0.05, 0.1) is 11.1 Å². The predicted molar refractivity (Wildman–Crippen MR) is 132 cm³/mol. The summed E-state index contributed by atoms with van der Waals surface area (Å²) in [4.78, 5) is 0. The lowest BCUT2D eigenvalue weighted by Gasteiger charge is -2.11. The lowest BCUT2D eigenvalue weighted by molar-refractivity contribution is -0.660. The molecule has 0 saturated heterocycles. The Bertz CT molecular complexity index is 1540. The molecule has 5 aromatic rings. The second-order valence-electron chi connectivity index (χ2n) is 9.12. The SMILES string of the molecule is [2H]C1(c2ccc(-c3c(F)ccc4c3oc3c(-c5cccc[n+]5C)c(C)ccc34)cc2)CCCC1. The minimum atomic E-state index is -0.514. The summed E-state index contributed by atoms with van der Waals surface area (Å²) in [6.45, 7) is 2.08. The number of nitrogens with zero attached hydrogens (tertiary/aromatic N) is 1. The molecule has 0 unspecified atom stereocenters. The fourth-order valence-corrected chi connectivity index (χ4v) is 5.31. The third-order valence-electron chi connectivity index (χ3n) is 7.07. The Morgan fingerprint density at radius 1 is 0.879 bits per heavy atom. The maximum atomic E-state index is 15.3. The Kier molecular flexibility index (Phi) is 4.53. The van der Waals surface area contributed by atoms with Gasteiger partial charge in [-0.25, -0.2) is 8.96 Å². The Morgan fingerprint density at radius 2 is 1.58 bits per heavy atom. The zero-order chi connectivity index (χ0) is 23.4. The van der Waals surface area contributed by atoms with Crippen LogP contribution in [-0.2, 0) is 7.05 Å². The van der Waals surface area contributed by atoms with Crippen molar-refractivity contribution in [3.63, 3.8) is 0 Å². The summed E-state index contributed by atoms with van der Waals surface area (Å²) in [6.07, 6.45) is 5.99. The molecule has 2 nitrogen and oxygen atoms in total. The molecule has 6 rings (SSSR count). The van der Waals surface area contributed by atoms with Crippen LogP contribution < -0.4 is 4.57 Å². The molecule has 1 aliphatic carbocycles. The summed E-state index contributed by atoms with van der Waals surface area (Å²) in [7, 11) is 2.02. The van der Waals surface area contributed by atoms with E-state index in [1.54, 1.807) is 0 Å². The van der Waals surface area contributed by atoms with E-state index in [4.69, 9.17) is 5.79 Å². The summed E-state index contributed by atoms with van der Waals surface area (Å²) in [5, 5.41) is 1.89. The Hall–Kier alpha value is -3.46. The first-order chi connectivity index (χ1) is 16.5. The Morgan fingerprint density at radius 3 is 2.30 bits per heavy atom. The molecule has 0 radical (unpaired) electrons. The van der Waals surface area contributed by atoms with Gasteiger partial charge in [-0.3, -0.25) is 0 Å². The first-order valence-corrected chi connectivity index (χ1v) is 11.7. The summed E-state index contributed by atoms with van der Waals surface area (Å²) >= 11 is 0. The van der Waals surface area contributed by atoms with E-state index in [0.717, 1.165) is 70.0 Å². The van der Waals surface area contributed by atoms with Crippen LogP contribution in [-0.4, -0.2) is 0 Å². The molecule has 3 aromatic carbocycles. The van der Waals surface area contributed by atoms with Crippen molar-refractivity contribution in [2.75, 3.05) is 0 Å². The molecule has 0 amide bonds. The van der Waals surface area contributed by atoms with Crippen molar-refractivity contribution in [1.82, 2.24) is 0 Å². The van der Waals surface area contributed by atoms with Crippen LogP contribution in [0.15, 0.2) is 77.3 Å². The van der Waals surface area contributed by atoms with Crippen molar-refractivity contribution < 1.29 is 14.7 Å². The minimum Gasteiger partial charge on any atom is -0.454 e. The molecule has 164 valence electrons. The van der Waals surface area contributed by atoms with Gasteiger partial charge in [-0.15, -0.1) is 0 Å². The maximum Gasteiger partial charge on any atom is 0.216 e. The van der Waals surface area contributed by atoms with Crippen LogP contribution in [0.4, 0.5) is 4.39 Å². The van der Waals surface area contributed by atoms with Crippen molar-refractivity contribution in [2.45, 2.75) is 38.5 Å². The molecule has 1 aliphatic rings. The molecule has 1 fully saturated rings. The molecular weight excluding hydrogens is 409 g/mol. The zero-order valence-corrected chi connectivity index (χ0v) is 19.0. The molecule has 0 atom stereocenters. The fraction of sp³-hybridized carbons (Fsp3) is 0.233. The lowest BCUT2D eigenvalue weighted by Crippen LogP contribution is -2.30. The van der Waals surface area contributed by atoms with E-state index in [2.05, 4.69) is 29.7 Å². The molecule has 3 heteroatoms. The van der Waals surface area contributed by atoms with Crippen molar-refractivity contribution in [3.05, 3.63) is 89.9 Å². The molecule has 0 N–H and O–H groups in total. The quantitative estimate of drug-likeness (QED) is 0.263. The van der Waals surface area contributed by atoms with Crippen LogP contribution in [0.1, 0.15) is 44.1 Å².